The zero-order valence-electron chi connectivity index (χ0n) is 16.9. The molecule has 0 fully saturated rings. The first kappa shape index (κ1) is 21.7. The molecular weight excluding hydrogens is 405 g/mol. The number of nitrogens with zero attached hydrogens (tertiary/aromatic N) is 2. The van der Waals surface area contributed by atoms with Crippen LogP contribution in [0.25, 0.3) is 16.8 Å². The molecule has 3 aromatic rings. The lowest BCUT2D eigenvalue weighted by Crippen LogP contribution is -2.21. The molecule has 1 N–H and O–H groups in total. The summed E-state index contributed by atoms with van der Waals surface area (Å²) in [5, 5.41) is 7.19. The molecule has 0 radical (unpaired) electrons. The Labute approximate surface area is 179 Å². The van der Waals surface area contributed by atoms with Crippen molar-refractivity contribution in [3.05, 3.63) is 75.4 Å². The van der Waals surface area contributed by atoms with Gasteiger partial charge in [-0.15, -0.1) is 0 Å². The molecule has 1 amide bonds. The third kappa shape index (κ3) is 5.13. The van der Waals surface area contributed by atoms with Gasteiger partial charge in [-0.25, -0.2) is 4.39 Å². The van der Waals surface area contributed by atoms with Crippen LogP contribution >= 0.6 is 11.6 Å². The Balaban J connectivity index is 1.88. The normalized spacial score (nSPS) is 10.8. The van der Waals surface area contributed by atoms with Gasteiger partial charge in [-0.05, 0) is 49.2 Å². The first-order valence-electron chi connectivity index (χ1n) is 9.85. The van der Waals surface area contributed by atoms with Crippen LogP contribution in [0.5, 0.6) is 0 Å². The molecule has 0 aliphatic rings. The molecule has 2 aromatic carbocycles. The number of halogens is 2. The van der Waals surface area contributed by atoms with Gasteiger partial charge in [0, 0.05) is 23.7 Å². The van der Waals surface area contributed by atoms with Crippen LogP contribution in [-0.4, -0.2) is 15.7 Å². The van der Waals surface area contributed by atoms with Crippen LogP contribution < -0.4 is 10.9 Å². The SMILES string of the molecule is CCCCCC(=O)Nc1cccc(-c2cc(=O)n(-c3ccc(F)c(Cl)c3)nc2C)c1. The minimum atomic E-state index is -0.560. The average Bonchev–Trinajstić information content (AvgIpc) is 2.72. The molecule has 0 bridgehead atoms. The third-order valence-electron chi connectivity index (χ3n) is 4.73. The van der Waals surface area contributed by atoms with Crippen molar-refractivity contribution in [2.24, 2.45) is 0 Å². The molecule has 7 heteroatoms. The summed E-state index contributed by atoms with van der Waals surface area (Å²) in [6, 6.07) is 12.8. The predicted octanol–water partition coefficient (Wildman–Crippen LogP) is 5.52. The zero-order valence-corrected chi connectivity index (χ0v) is 17.7. The Morgan fingerprint density at radius 1 is 1.17 bits per heavy atom. The highest BCUT2D eigenvalue weighted by Crippen LogP contribution is 2.25. The Hall–Kier alpha value is -2.99. The number of aryl methyl sites for hydroxylation is 1. The lowest BCUT2D eigenvalue weighted by molar-refractivity contribution is -0.116. The number of rotatable bonds is 7. The van der Waals surface area contributed by atoms with Crippen molar-refractivity contribution in [3.63, 3.8) is 0 Å². The lowest BCUT2D eigenvalue weighted by atomic mass is 10.0. The summed E-state index contributed by atoms with van der Waals surface area (Å²) in [5.41, 5.74) is 2.73. The van der Waals surface area contributed by atoms with E-state index in [1.807, 2.05) is 24.3 Å². The first-order chi connectivity index (χ1) is 14.4. The maximum absolute atomic E-state index is 13.4. The van der Waals surface area contributed by atoms with E-state index in [9.17, 15) is 14.0 Å². The monoisotopic (exact) mass is 427 g/mol. The van der Waals surface area contributed by atoms with Crippen LogP contribution in [0, 0.1) is 12.7 Å². The van der Waals surface area contributed by atoms with Gasteiger partial charge in [0.25, 0.3) is 5.56 Å². The number of hydrogen-bond donors (Lipinski definition) is 1. The molecule has 1 heterocycles. The molecule has 0 atom stereocenters. The van der Waals surface area contributed by atoms with Gasteiger partial charge in [0.05, 0.1) is 16.4 Å². The van der Waals surface area contributed by atoms with E-state index < -0.39 is 5.82 Å². The van der Waals surface area contributed by atoms with Crippen LogP contribution in [0.4, 0.5) is 10.1 Å². The first-order valence-corrected chi connectivity index (χ1v) is 10.2. The van der Waals surface area contributed by atoms with E-state index in [-0.39, 0.29) is 16.5 Å². The van der Waals surface area contributed by atoms with E-state index in [2.05, 4.69) is 17.3 Å². The standard InChI is InChI=1S/C23H23ClFN3O2/c1-3-4-5-9-22(29)26-17-8-6-7-16(12-17)19-14-23(30)28(27-15(19)2)18-10-11-21(25)20(24)13-18/h6-8,10-14H,3-5,9H2,1-2H3,(H,26,29). The summed E-state index contributed by atoms with van der Waals surface area (Å²) in [6.07, 6.45) is 3.42. The van der Waals surface area contributed by atoms with Gasteiger partial charge in [-0.3, -0.25) is 9.59 Å². The Morgan fingerprint density at radius 2 is 1.97 bits per heavy atom. The van der Waals surface area contributed by atoms with Crippen molar-refractivity contribution in [2.75, 3.05) is 5.32 Å². The molecule has 0 saturated heterocycles. The minimum absolute atomic E-state index is 0.0287. The third-order valence-corrected chi connectivity index (χ3v) is 5.02. The molecule has 0 unspecified atom stereocenters. The number of carbonyl (C=O) groups excluding carboxylic acids is 1. The molecule has 1 aromatic heterocycles. The van der Waals surface area contributed by atoms with Crippen molar-refractivity contribution in [3.8, 4) is 16.8 Å². The maximum Gasteiger partial charge on any atom is 0.272 e. The summed E-state index contributed by atoms with van der Waals surface area (Å²) in [7, 11) is 0. The molecule has 0 aliphatic carbocycles. The number of nitrogens with one attached hydrogen (secondary N) is 1. The molecular formula is C23H23ClFN3O2. The van der Waals surface area contributed by atoms with Crippen LogP contribution in [0.15, 0.2) is 53.3 Å². The van der Waals surface area contributed by atoms with Crippen LogP contribution in [0.1, 0.15) is 38.3 Å². The Kier molecular flexibility index (Phi) is 7.00. The number of aromatic nitrogens is 2. The fraction of sp³-hybridized carbons (Fsp3) is 0.261. The summed E-state index contributed by atoms with van der Waals surface area (Å²) in [5.74, 6) is -0.589. The van der Waals surface area contributed by atoms with Crippen LogP contribution in [-0.2, 0) is 4.79 Å². The molecule has 5 nitrogen and oxygen atoms in total. The van der Waals surface area contributed by atoms with Gasteiger partial charge in [-0.1, -0.05) is 43.5 Å². The van der Waals surface area contributed by atoms with E-state index in [0.29, 0.717) is 29.1 Å². The Bertz CT molecular complexity index is 1130. The van der Waals surface area contributed by atoms with Crippen molar-refractivity contribution in [1.82, 2.24) is 9.78 Å². The number of carbonyl (C=O) groups is 1. The van der Waals surface area contributed by atoms with E-state index in [1.165, 1.54) is 28.9 Å². The molecule has 0 saturated carbocycles. The molecule has 0 spiro atoms. The molecule has 156 valence electrons. The summed E-state index contributed by atoms with van der Waals surface area (Å²) >= 11 is 5.83. The van der Waals surface area contributed by atoms with Crippen LogP contribution in [0.2, 0.25) is 5.02 Å². The number of unbranched alkanes of at least 4 members (excludes halogenated alkanes) is 2. The lowest BCUT2D eigenvalue weighted by Gasteiger charge is -2.12. The largest absolute Gasteiger partial charge is 0.326 e. The smallest absolute Gasteiger partial charge is 0.272 e. The van der Waals surface area contributed by atoms with Gasteiger partial charge >= 0.3 is 0 Å². The van der Waals surface area contributed by atoms with E-state index >= 15 is 0 Å². The van der Waals surface area contributed by atoms with Gasteiger partial charge in [0.15, 0.2) is 0 Å². The second-order valence-electron chi connectivity index (χ2n) is 7.08. The number of benzene rings is 2. The van der Waals surface area contributed by atoms with Gasteiger partial charge in [0.1, 0.15) is 5.82 Å². The second-order valence-corrected chi connectivity index (χ2v) is 7.49. The number of amides is 1. The predicted molar refractivity (Wildman–Crippen MR) is 118 cm³/mol. The van der Waals surface area contributed by atoms with E-state index in [1.54, 1.807) is 6.92 Å². The maximum atomic E-state index is 13.4. The summed E-state index contributed by atoms with van der Waals surface area (Å²) in [6.45, 7) is 3.88. The van der Waals surface area contributed by atoms with Gasteiger partial charge in [0.2, 0.25) is 5.91 Å². The summed E-state index contributed by atoms with van der Waals surface area (Å²) < 4.78 is 14.6. The molecule has 3 rings (SSSR count). The van der Waals surface area contributed by atoms with Crippen molar-refractivity contribution < 1.29 is 9.18 Å². The van der Waals surface area contributed by atoms with Crippen molar-refractivity contribution >= 4 is 23.2 Å². The van der Waals surface area contributed by atoms with Crippen molar-refractivity contribution in [2.45, 2.75) is 39.5 Å². The zero-order chi connectivity index (χ0) is 21.7. The number of anilines is 1. The topological polar surface area (TPSA) is 64.0 Å². The van der Waals surface area contributed by atoms with E-state index in [4.69, 9.17) is 11.6 Å². The fourth-order valence-electron chi connectivity index (χ4n) is 3.16. The highest BCUT2D eigenvalue weighted by molar-refractivity contribution is 6.30. The molecule has 0 aliphatic heterocycles. The quantitative estimate of drug-likeness (QED) is 0.505. The fourth-order valence-corrected chi connectivity index (χ4v) is 3.33. The molecule has 30 heavy (non-hydrogen) atoms. The highest BCUT2D eigenvalue weighted by atomic mass is 35.5. The minimum Gasteiger partial charge on any atom is -0.326 e. The van der Waals surface area contributed by atoms with Crippen molar-refractivity contribution in [1.29, 1.82) is 0 Å². The number of hydrogen-bond acceptors (Lipinski definition) is 3. The van der Waals surface area contributed by atoms with Gasteiger partial charge in [-0.2, -0.15) is 9.78 Å². The second kappa shape index (κ2) is 9.67. The summed E-state index contributed by atoms with van der Waals surface area (Å²) in [4.78, 5) is 24.8. The highest BCUT2D eigenvalue weighted by Gasteiger charge is 2.12. The van der Waals surface area contributed by atoms with Gasteiger partial charge < -0.3 is 5.32 Å². The van der Waals surface area contributed by atoms with Crippen LogP contribution in [0.3, 0.4) is 0 Å². The average molecular weight is 428 g/mol. The van der Waals surface area contributed by atoms with E-state index in [0.717, 1.165) is 24.8 Å². The Morgan fingerprint density at radius 3 is 2.70 bits per heavy atom.